The zero-order chi connectivity index (χ0) is 22.8. The molecular formula is C23H17F3N4O2. The van der Waals surface area contributed by atoms with Crippen LogP contribution in [0.2, 0.25) is 0 Å². The van der Waals surface area contributed by atoms with Crippen LogP contribution in [-0.2, 0) is 13.1 Å². The molecule has 162 valence electrons. The Morgan fingerprint density at radius 3 is 2.59 bits per heavy atom. The van der Waals surface area contributed by atoms with Crippen LogP contribution in [-0.4, -0.2) is 20.4 Å². The lowest BCUT2D eigenvalue weighted by molar-refractivity contribution is 0.0949. The molecule has 1 N–H and O–H groups in total. The minimum absolute atomic E-state index is 0.0254. The summed E-state index contributed by atoms with van der Waals surface area (Å²) in [5, 5.41) is 2.89. The SMILES string of the molecule is Cc1nc2ccn(Cc3ccc(F)c(F)c3)c(=O)c2cc1C(=O)NCc1ccc(F)cn1. The third-order valence-electron chi connectivity index (χ3n) is 4.95. The number of carbonyl (C=O) groups is 1. The molecule has 3 heterocycles. The molecule has 0 radical (unpaired) electrons. The van der Waals surface area contributed by atoms with Crippen LogP contribution in [0.15, 0.2) is 59.7 Å². The summed E-state index contributed by atoms with van der Waals surface area (Å²) in [4.78, 5) is 33.9. The fourth-order valence-electron chi connectivity index (χ4n) is 3.27. The van der Waals surface area contributed by atoms with Gasteiger partial charge in [0.2, 0.25) is 0 Å². The lowest BCUT2D eigenvalue weighted by Gasteiger charge is -2.11. The molecule has 32 heavy (non-hydrogen) atoms. The Labute approximate surface area is 180 Å². The van der Waals surface area contributed by atoms with Gasteiger partial charge in [0, 0.05) is 6.20 Å². The van der Waals surface area contributed by atoms with Crippen LogP contribution in [0.4, 0.5) is 13.2 Å². The summed E-state index contributed by atoms with van der Waals surface area (Å²) in [7, 11) is 0. The number of amides is 1. The molecule has 4 aromatic rings. The van der Waals surface area contributed by atoms with Crippen LogP contribution < -0.4 is 10.9 Å². The molecule has 0 aliphatic heterocycles. The van der Waals surface area contributed by atoms with E-state index in [0.29, 0.717) is 22.5 Å². The minimum atomic E-state index is -0.997. The summed E-state index contributed by atoms with van der Waals surface area (Å²) < 4.78 is 41.0. The Bertz CT molecular complexity index is 1380. The van der Waals surface area contributed by atoms with Crippen molar-refractivity contribution in [2.75, 3.05) is 0 Å². The zero-order valence-electron chi connectivity index (χ0n) is 16.9. The van der Waals surface area contributed by atoms with E-state index in [-0.39, 0.29) is 24.0 Å². The number of hydrogen-bond acceptors (Lipinski definition) is 4. The molecule has 4 rings (SSSR count). The second-order valence-electron chi connectivity index (χ2n) is 7.20. The number of aryl methyl sites for hydroxylation is 1. The summed E-state index contributed by atoms with van der Waals surface area (Å²) in [6, 6.07) is 9.19. The summed E-state index contributed by atoms with van der Waals surface area (Å²) in [6.45, 7) is 1.75. The third-order valence-corrected chi connectivity index (χ3v) is 4.95. The Kier molecular flexibility index (Phi) is 5.72. The highest BCUT2D eigenvalue weighted by Crippen LogP contribution is 2.15. The molecule has 9 heteroatoms. The summed E-state index contributed by atoms with van der Waals surface area (Å²) in [5.74, 6) is -2.90. The van der Waals surface area contributed by atoms with Gasteiger partial charge in [0.25, 0.3) is 11.5 Å². The topological polar surface area (TPSA) is 76.9 Å². The van der Waals surface area contributed by atoms with Gasteiger partial charge in [0.1, 0.15) is 5.82 Å². The summed E-state index contributed by atoms with van der Waals surface area (Å²) in [6.07, 6.45) is 2.57. The Balaban J connectivity index is 1.62. The highest BCUT2D eigenvalue weighted by atomic mass is 19.2. The number of pyridine rings is 3. The van der Waals surface area contributed by atoms with Crippen LogP contribution >= 0.6 is 0 Å². The highest BCUT2D eigenvalue weighted by molar-refractivity contribution is 5.98. The first-order valence-electron chi connectivity index (χ1n) is 9.65. The molecular weight excluding hydrogens is 421 g/mol. The third kappa shape index (κ3) is 4.36. The maximum absolute atomic E-state index is 13.5. The smallest absolute Gasteiger partial charge is 0.260 e. The Morgan fingerprint density at radius 1 is 1.06 bits per heavy atom. The molecule has 0 aliphatic carbocycles. The van der Waals surface area contributed by atoms with E-state index >= 15 is 0 Å². The second-order valence-corrected chi connectivity index (χ2v) is 7.20. The average Bonchev–Trinajstić information content (AvgIpc) is 2.77. The first-order valence-corrected chi connectivity index (χ1v) is 9.65. The quantitative estimate of drug-likeness (QED) is 0.518. The maximum atomic E-state index is 13.5. The van der Waals surface area contributed by atoms with Gasteiger partial charge in [-0.15, -0.1) is 0 Å². The number of fused-ring (bicyclic) bond motifs is 1. The van der Waals surface area contributed by atoms with E-state index in [4.69, 9.17) is 0 Å². The van der Waals surface area contributed by atoms with Gasteiger partial charge in [-0.2, -0.15) is 0 Å². The molecule has 1 amide bonds. The fraction of sp³-hybridized carbons (Fsp3) is 0.130. The maximum Gasteiger partial charge on any atom is 0.260 e. The van der Waals surface area contributed by atoms with Crippen LogP contribution in [0.25, 0.3) is 10.9 Å². The number of aromatic nitrogens is 3. The lowest BCUT2D eigenvalue weighted by Crippen LogP contribution is -2.26. The molecule has 0 saturated carbocycles. The summed E-state index contributed by atoms with van der Waals surface area (Å²) >= 11 is 0. The van der Waals surface area contributed by atoms with Gasteiger partial charge in [-0.1, -0.05) is 6.07 Å². The molecule has 0 saturated heterocycles. The van der Waals surface area contributed by atoms with Crippen molar-refractivity contribution in [2.45, 2.75) is 20.0 Å². The molecule has 3 aromatic heterocycles. The van der Waals surface area contributed by atoms with Crippen molar-refractivity contribution in [3.63, 3.8) is 0 Å². The number of carbonyl (C=O) groups excluding carboxylic acids is 1. The van der Waals surface area contributed by atoms with E-state index in [0.717, 1.165) is 18.3 Å². The molecule has 0 unspecified atom stereocenters. The monoisotopic (exact) mass is 438 g/mol. The van der Waals surface area contributed by atoms with Crippen LogP contribution in [0, 0.1) is 24.4 Å². The molecule has 0 spiro atoms. The van der Waals surface area contributed by atoms with Crippen molar-refractivity contribution >= 4 is 16.8 Å². The van der Waals surface area contributed by atoms with Gasteiger partial charge in [-0.05, 0) is 48.9 Å². The van der Waals surface area contributed by atoms with Gasteiger partial charge in [-0.3, -0.25) is 19.6 Å². The van der Waals surface area contributed by atoms with Gasteiger partial charge in [-0.25, -0.2) is 13.2 Å². The van der Waals surface area contributed by atoms with E-state index in [1.54, 1.807) is 13.0 Å². The molecule has 0 fully saturated rings. The first-order chi connectivity index (χ1) is 15.3. The van der Waals surface area contributed by atoms with Gasteiger partial charge < -0.3 is 9.88 Å². The van der Waals surface area contributed by atoms with E-state index in [1.165, 1.54) is 35.0 Å². The number of benzene rings is 1. The van der Waals surface area contributed by atoms with E-state index < -0.39 is 28.9 Å². The minimum Gasteiger partial charge on any atom is -0.346 e. The van der Waals surface area contributed by atoms with Gasteiger partial charge in [0.05, 0.1) is 47.1 Å². The van der Waals surface area contributed by atoms with Gasteiger partial charge >= 0.3 is 0 Å². The van der Waals surface area contributed by atoms with Crippen molar-refractivity contribution in [3.8, 4) is 0 Å². The first kappa shape index (κ1) is 21.2. The van der Waals surface area contributed by atoms with Gasteiger partial charge in [0.15, 0.2) is 11.6 Å². The largest absolute Gasteiger partial charge is 0.346 e. The molecule has 0 bridgehead atoms. The van der Waals surface area contributed by atoms with E-state index in [1.807, 2.05) is 0 Å². The number of hydrogen-bond donors (Lipinski definition) is 1. The van der Waals surface area contributed by atoms with Crippen molar-refractivity contribution in [3.05, 3.63) is 105 Å². The number of rotatable bonds is 5. The Hall–Kier alpha value is -4.01. The zero-order valence-corrected chi connectivity index (χ0v) is 16.9. The fourth-order valence-corrected chi connectivity index (χ4v) is 3.27. The standard InChI is InChI=1S/C23H17F3N4O2/c1-13-17(22(31)28-11-16-4-3-15(24)10-27-16)9-18-21(29-13)6-7-30(23(18)32)12-14-2-5-19(25)20(26)8-14/h2-10H,11-12H2,1H3,(H,28,31). The molecule has 1 aromatic carbocycles. The van der Waals surface area contributed by atoms with Crippen LogP contribution in [0.3, 0.4) is 0 Å². The summed E-state index contributed by atoms with van der Waals surface area (Å²) in [5.41, 5.74) is 1.51. The lowest BCUT2D eigenvalue weighted by atomic mass is 10.1. The van der Waals surface area contributed by atoms with Crippen molar-refractivity contribution in [1.29, 1.82) is 0 Å². The molecule has 0 atom stereocenters. The molecule has 0 aliphatic rings. The predicted molar refractivity (Wildman–Crippen MR) is 112 cm³/mol. The van der Waals surface area contributed by atoms with E-state index in [9.17, 15) is 22.8 Å². The van der Waals surface area contributed by atoms with Crippen LogP contribution in [0.1, 0.15) is 27.3 Å². The highest BCUT2D eigenvalue weighted by Gasteiger charge is 2.15. The van der Waals surface area contributed by atoms with E-state index in [2.05, 4.69) is 15.3 Å². The van der Waals surface area contributed by atoms with Crippen molar-refractivity contribution in [1.82, 2.24) is 19.9 Å². The Morgan fingerprint density at radius 2 is 1.88 bits per heavy atom. The molecule has 6 nitrogen and oxygen atoms in total. The van der Waals surface area contributed by atoms with Crippen LogP contribution in [0.5, 0.6) is 0 Å². The van der Waals surface area contributed by atoms with Crippen molar-refractivity contribution in [2.24, 2.45) is 0 Å². The average molecular weight is 438 g/mol. The number of nitrogens with one attached hydrogen (secondary N) is 1. The normalized spacial score (nSPS) is 11.0. The van der Waals surface area contributed by atoms with Crippen molar-refractivity contribution < 1.29 is 18.0 Å². The second kappa shape index (κ2) is 8.62. The predicted octanol–water partition coefficient (Wildman–Crippen LogP) is 3.50. The number of halogens is 3. The number of nitrogens with zero attached hydrogens (tertiary/aromatic N) is 3.